The molecule has 16 heavy (non-hydrogen) atoms. The minimum absolute atomic E-state index is 0.569. The van der Waals surface area contributed by atoms with Crippen LogP contribution in [0.3, 0.4) is 0 Å². The Hall–Kier alpha value is -0.870. The molecule has 4 heteroatoms. The lowest BCUT2D eigenvalue weighted by Gasteiger charge is -2.20. The van der Waals surface area contributed by atoms with Gasteiger partial charge in [0, 0.05) is 31.7 Å². The lowest BCUT2D eigenvalue weighted by atomic mass is 10.1. The van der Waals surface area contributed by atoms with Crippen LogP contribution in [0.4, 0.5) is 0 Å². The summed E-state index contributed by atoms with van der Waals surface area (Å²) in [5.74, 6) is 0.703. The first kappa shape index (κ1) is 11.6. The van der Waals surface area contributed by atoms with Gasteiger partial charge in [0.25, 0.3) is 0 Å². The van der Waals surface area contributed by atoms with E-state index in [-0.39, 0.29) is 0 Å². The summed E-state index contributed by atoms with van der Waals surface area (Å²) in [6.07, 6.45) is 3.18. The number of nitrogens with one attached hydrogen (secondary N) is 1. The van der Waals surface area contributed by atoms with Gasteiger partial charge < -0.3 is 9.73 Å². The summed E-state index contributed by atoms with van der Waals surface area (Å²) in [6.45, 7) is 9.95. The molecule has 0 bridgehead atoms. The van der Waals surface area contributed by atoms with Gasteiger partial charge >= 0.3 is 0 Å². The maximum atomic E-state index is 4.95. The molecule has 1 N–H and O–H groups in total. The van der Waals surface area contributed by atoms with Crippen LogP contribution in [0, 0.1) is 5.92 Å². The van der Waals surface area contributed by atoms with Crippen molar-refractivity contribution in [2.24, 2.45) is 5.92 Å². The van der Waals surface area contributed by atoms with Crippen molar-refractivity contribution < 1.29 is 4.42 Å². The van der Waals surface area contributed by atoms with Crippen LogP contribution in [0.1, 0.15) is 26.5 Å². The van der Waals surface area contributed by atoms with Crippen LogP contribution in [0.25, 0.3) is 0 Å². The second-order valence-corrected chi connectivity index (χ2v) is 4.99. The fraction of sp³-hybridized carbons (Fsp3) is 0.750. The zero-order chi connectivity index (χ0) is 11.5. The molecule has 0 aromatic carbocycles. The average Bonchev–Trinajstić information content (AvgIpc) is 2.84. The quantitative estimate of drug-likeness (QED) is 0.839. The van der Waals surface area contributed by atoms with E-state index in [2.05, 4.69) is 36.0 Å². The third-order valence-electron chi connectivity index (χ3n) is 3.40. The van der Waals surface area contributed by atoms with E-state index in [9.17, 15) is 0 Å². The standard InChI is InChI=1S/C12H21N3O/c1-9(2)15-5-10(3)12(6-15)13-4-11-7-16-8-14-11/h7-10,12-13H,4-6H2,1-3H3. The molecular formula is C12H21N3O. The van der Waals surface area contributed by atoms with E-state index in [1.54, 1.807) is 6.26 Å². The van der Waals surface area contributed by atoms with Gasteiger partial charge in [-0.05, 0) is 19.8 Å². The predicted octanol–water partition coefficient (Wildman–Crippen LogP) is 1.49. The van der Waals surface area contributed by atoms with Crippen LogP contribution in [-0.4, -0.2) is 35.1 Å². The van der Waals surface area contributed by atoms with Crippen molar-refractivity contribution in [1.82, 2.24) is 15.2 Å². The van der Waals surface area contributed by atoms with Crippen molar-refractivity contribution in [3.8, 4) is 0 Å². The molecule has 0 aliphatic carbocycles. The highest BCUT2D eigenvalue weighted by Crippen LogP contribution is 2.18. The minimum atomic E-state index is 0.569. The summed E-state index contributed by atoms with van der Waals surface area (Å²) < 4.78 is 4.95. The molecule has 2 rings (SSSR count). The number of hydrogen-bond acceptors (Lipinski definition) is 4. The van der Waals surface area contributed by atoms with Crippen molar-refractivity contribution in [1.29, 1.82) is 0 Å². The number of oxazole rings is 1. The number of likely N-dealkylation sites (tertiary alicyclic amines) is 1. The first-order valence-electron chi connectivity index (χ1n) is 6.01. The van der Waals surface area contributed by atoms with Gasteiger partial charge in [-0.1, -0.05) is 6.92 Å². The molecular weight excluding hydrogens is 202 g/mol. The number of hydrogen-bond donors (Lipinski definition) is 1. The molecule has 1 saturated heterocycles. The third-order valence-corrected chi connectivity index (χ3v) is 3.40. The maximum Gasteiger partial charge on any atom is 0.180 e. The van der Waals surface area contributed by atoms with E-state index in [1.165, 1.54) is 12.9 Å². The van der Waals surface area contributed by atoms with Crippen LogP contribution in [0.5, 0.6) is 0 Å². The molecule has 0 amide bonds. The molecule has 1 aromatic heterocycles. The van der Waals surface area contributed by atoms with Crippen LogP contribution in [0.15, 0.2) is 17.1 Å². The summed E-state index contributed by atoms with van der Waals surface area (Å²) in [6, 6.07) is 1.21. The lowest BCUT2D eigenvalue weighted by Crippen LogP contribution is -2.36. The molecule has 90 valence electrons. The Morgan fingerprint density at radius 2 is 2.38 bits per heavy atom. The molecule has 2 atom stereocenters. The molecule has 1 aromatic rings. The molecule has 0 spiro atoms. The fourth-order valence-electron chi connectivity index (χ4n) is 2.25. The van der Waals surface area contributed by atoms with Crippen LogP contribution in [-0.2, 0) is 6.54 Å². The van der Waals surface area contributed by atoms with E-state index < -0.39 is 0 Å². The van der Waals surface area contributed by atoms with Gasteiger partial charge in [0.2, 0.25) is 0 Å². The summed E-state index contributed by atoms with van der Waals surface area (Å²) in [7, 11) is 0. The predicted molar refractivity (Wildman–Crippen MR) is 63.0 cm³/mol. The molecule has 2 unspecified atom stereocenters. The van der Waals surface area contributed by atoms with E-state index in [0.717, 1.165) is 18.8 Å². The normalized spacial score (nSPS) is 26.8. The van der Waals surface area contributed by atoms with E-state index in [1.807, 2.05) is 0 Å². The lowest BCUT2D eigenvalue weighted by molar-refractivity contribution is 0.264. The molecule has 0 radical (unpaired) electrons. The Morgan fingerprint density at radius 3 is 2.94 bits per heavy atom. The van der Waals surface area contributed by atoms with Gasteiger partial charge in [-0.15, -0.1) is 0 Å². The summed E-state index contributed by atoms with van der Waals surface area (Å²) >= 11 is 0. The smallest absolute Gasteiger partial charge is 0.180 e. The second-order valence-electron chi connectivity index (χ2n) is 4.99. The Bertz CT molecular complexity index is 310. The number of rotatable bonds is 4. The molecule has 2 heterocycles. The first-order chi connectivity index (χ1) is 7.66. The van der Waals surface area contributed by atoms with Crippen molar-refractivity contribution >= 4 is 0 Å². The van der Waals surface area contributed by atoms with Crippen molar-refractivity contribution in [3.63, 3.8) is 0 Å². The molecule has 1 fully saturated rings. The van der Waals surface area contributed by atoms with Gasteiger partial charge in [-0.3, -0.25) is 4.90 Å². The summed E-state index contributed by atoms with van der Waals surface area (Å²) in [5.41, 5.74) is 0.982. The first-order valence-corrected chi connectivity index (χ1v) is 6.01. The fourth-order valence-corrected chi connectivity index (χ4v) is 2.25. The summed E-state index contributed by atoms with van der Waals surface area (Å²) in [5, 5.41) is 3.55. The van der Waals surface area contributed by atoms with Crippen LogP contribution < -0.4 is 5.32 Å². The minimum Gasteiger partial charge on any atom is -0.451 e. The van der Waals surface area contributed by atoms with Crippen LogP contribution in [0.2, 0.25) is 0 Å². The highest BCUT2D eigenvalue weighted by Gasteiger charge is 2.30. The van der Waals surface area contributed by atoms with E-state index in [4.69, 9.17) is 4.42 Å². The average molecular weight is 223 g/mol. The Kier molecular flexibility index (Phi) is 3.61. The second kappa shape index (κ2) is 4.97. The largest absolute Gasteiger partial charge is 0.451 e. The summed E-state index contributed by atoms with van der Waals surface area (Å²) in [4.78, 5) is 6.63. The Morgan fingerprint density at radius 1 is 1.56 bits per heavy atom. The van der Waals surface area contributed by atoms with Gasteiger partial charge in [-0.25, -0.2) is 4.98 Å². The van der Waals surface area contributed by atoms with Crippen molar-refractivity contribution in [2.45, 2.75) is 39.4 Å². The topological polar surface area (TPSA) is 41.3 Å². The molecule has 4 nitrogen and oxygen atoms in total. The maximum absolute atomic E-state index is 4.95. The number of nitrogens with zero attached hydrogens (tertiary/aromatic N) is 2. The third kappa shape index (κ3) is 2.62. The van der Waals surface area contributed by atoms with E-state index in [0.29, 0.717) is 18.0 Å². The SMILES string of the molecule is CC1CN(C(C)C)CC1NCc1cocn1. The zero-order valence-electron chi connectivity index (χ0n) is 10.3. The van der Waals surface area contributed by atoms with Gasteiger partial charge in [-0.2, -0.15) is 0 Å². The van der Waals surface area contributed by atoms with Gasteiger partial charge in [0.15, 0.2) is 6.39 Å². The highest BCUT2D eigenvalue weighted by molar-refractivity contribution is 4.94. The Balaban J connectivity index is 1.82. The highest BCUT2D eigenvalue weighted by atomic mass is 16.3. The van der Waals surface area contributed by atoms with Crippen LogP contribution >= 0.6 is 0 Å². The van der Waals surface area contributed by atoms with Gasteiger partial charge in [0.1, 0.15) is 6.26 Å². The Labute approximate surface area is 97.0 Å². The number of aromatic nitrogens is 1. The van der Waals surface area contributed by atoms with Gasteiger partial charge in [0.05, 0.1) is 5.69 Å². The molecule has 1 aliphatic rings. The van der Waals surface area contributed by atoms with Crippen molar-refractivity contribution in [2.75, 3.05) is 13.1 Å². The molecule has 0 saturated carbocycles. The van der Waals surface area contributed by atoms with E-state index >= 15 is 0 Å². The zero-order valence-corrected chi connectivity index (χ0v) is 10.3. The molecule has 1 aliphatic heterocycles. The monoisotopic (exact) mass is 223 g/mol. The van der Waals surface area contributed by atoms with Crippen molar-refractivity contribution in [3.05, 3.63) is 18.4 Å².